The van der Waals surface area contributed by atoms with Crippen molar-refractivity contribution in [1.82, 2.24) is 15.5 Å². The summed E-state index contributed by atoms with van der Waals surface area (Å²) in [5.74, 6) is 1.70. The van der Waals surface area contributed by atoms with Gasteiger partial charge in [-0.2, -0.15) is 0 Å². The van der Waals surface area contributed by atoms with Gasteiger partial charge in [0.15, 0.2) is 5.96 Å². The van der Waals surface area contributed by atoms with Crippen LogP contribution in [0.2, 0.25) is 0 Å². The summed E-state index contributed by atoms with van der Waals surface area (Å²) in [6.45, 7) is 5.56. The van der Waals surface area contributed by atoms with E-state index in [0.717, 1.165) is 22.7 Å². The molecule has 1 heterocycles. The van der Waals surface area contributed by atoms with Gasteiger partial charge in [0.25, 0.3) is 0 Å². The molecule has 0 radical (unpaired) electrons. The van der Waals surface area contributed by atoms with Crippen molar-refractivity contribution in [2.24, 2.45) is 10.9 Å². The molecule has 6 heteroatoms. The molecule has 0 bridgehead atoms. The van der Waals surface area contributed by atoms with Crippen LogP contribution in [-0.4, -0.2) is 44.0 Å². The van der Waals surface area contributed by atoms with Crippen molar-refractivity contribution < 1.29 is 9.21 Å². The first-order chi connectivity index (χ1) is 11.5. The largest absolute Gasteiger partial charge is 0.459 e. The van der Waals surface area contributed by atoms with E-state index in [1.165, 1.54) is 0 Å². The normalized spacial score (nSPS) is 11.8. The molecule has 6 nitrogen and oxygen atoms in total. The van der Waals surface area contributed by atoms with Gasteiger partial charge >= 0.3 is 0 Å². The van der Waals surface area contributed by atoms with Crippen LogP contribution in [0.5, 0.6) is 0 Å². The third-order valence-electron chi connectivity index (χ3n) is 3.67. The van der Waals surface area contributed by atoms with Gasteiger partial charge in [-0.05, 0) is 12.1 Å². The summed E-state index contributed by atoms with van der Waals surface area (Å²) < 4.78 is 5.84. The van der Waals surface area contributed by atoms with Crippen molar-refractivity contribution in [2.75, 3.05) is 27.2 Å². The zero-order valence-electron chi connectivity index (χ0n) is 14.8. The fraction of sp³-hybridized carbons (Fsp3) is 0.444. The van der Waals surface area contributed by atoms with Gasteiger partial charge in [-0.25, -0.2) is 0 Å². The number of hydrogen-bond donors (Lipinski definition) is 2. The first kappa shape index (κ1) is 17.8. The van der Waals surface area contributed by atoms with Crippen LogP contribution in [0.25, 0.3) is 11.0 Å². The molecule has 1 amide bonds. The number of aliphatic imine (C=N–C) groups is 1. The van der Waals surface area contributed by atoms with Crippen LogP contribution in [0, 0.1) is 5.92 Å². The Morgan fingerprint density at radius 2 is 1.96 bits per heavy atom. The van der Waals surface area contributed by atoms with Crippen LogP contribution in [-0.2, 0) is 11.3 Å². The predicted molar refractivity (Wildman–Crippen MR) is 96.9 cm³/mol. The van der Waals surface area contributed by atoms with E-state index in [1.54, 1.807) is 7.05 Å². The Kier molecular flexibility index (Phi) is 6.23. The summed E-state index contributed by atoms with van der Waals surface area (Å²) in [6, 6.07) is 10.0. The zero-order chi connectivity index (χ0) is 17.5. The highest BCUT2D eigenvalue weighted by Gasteiger charge is 2.10. The molecule has 0 saturated carbocycles. The van der Waals surface area contributed by atoms with E-state index < -0.39 is 0 Å². The zero-order valence-corrected chi connectivity index (χ0v) is 14.8. The van der Waals surface area contributed by atoms with Crippen LogP contribution in [0.3, 0.4) is 0 Å². The van der Waals surface area contributed by atoms with Crippen LogP contribution in [0.1, 0.15) is 19.6 Å². The smallest absolute Gasteiger partial charge is 0.222 e. The molecule has 130 valence electrons. The van der Waals surface area contributed by atoms with Gasteiger partial charge in [-0.15, -0.1) is 0 Å². The second-order valence-corrected chi connectivity index (χ2v) is 6.03. The number of carbonyl (C=O) groups excluding carboxylic acids is 1. The quantitative estimate of drug-likeness (QED) is 0.484. The van der Waals surface area contributed by atoms with E-state index in [9.17, 15) is 4.79 Å². The van der Waals surface area contributed by atoms with E-state index >= 15 is 0 Å². The molecule has 2 aromatic rings. The average Bonchev–Trinajstić information content (AvgIpc) is 2.96. The molecular weight excluding hydrogens is 304 g/mol. The van der Waals surface area contributed by atoms with E-state index in [0.29, 0.717) is 19.6 Å². The minimum absolute atomic E-state index is 0.0000659. The molecule has 0 aliphatic carbocycles. The van der Waals surface area contributed by atoms with Gasteiger partial charge in [0.1, 0.15) is 11.3 Å². The standard InChI is InChI=1S/C18H26N4O2/c1-13(2)17(23)20-9-10-21-18(19-3)22(4)12-15-11-14-7-5-6-8-16(14)24-15/h5-8,11,13H,9-10,12H2,1-4H3,(H,19,21)(H,20,23). The third kappa shape index (κ3) is 4.75. The number of para-hydroxylation sites is 1. The van der Waals surface area contributed by atoms with Crippen molar-refractivity contribution in [3.8, 4) is 0 Å². The van der Waals surface area contributed by atoms with Gasteiger partial charge in [0, 0.05) is 38.5 Å². The third-order valence-corrected chi connectivity index (χ3v) is 3.67. The lowest BCUT2D eigenvalue weighted by molar-refractivity contribution is -0.123. The number of nitrogens with one attached hydrogen (secondary N) is 2. The topological polar surface area (TPSA) is 69.9 Å². The Morgan fingerprint density at radius 1 is 1.25 bits per heavy atom. The summed E-state index contributed by atoms with van der Waals surface area (Å²) in [5.41, 5.74) is 0.889. The summed E-state index contributed by atoms with van der Waals surface area (Å²) in [6.07, 6.45) is 0. The van der Waals surface area contributed by atoms with E-state index in [2.05, 4.69) is 15.6 Å². The molecule has 0 aliphatic rings. The lowest BCUT2D eigenvalue weighted by Gasteiger charge is -2.21. The van der Waals surface area contributed by atoms with Crippen molar-refractivity contribution >= 4 is 22.8 Å². The number of furan rings is 1. The lowest BCUT2D eigenvalue weighted by atomic mass is 10.2. The summed E-state index contributed by atoms with van der Waals surface area (Å²) in [7, 11) is 3.69. The van der Waals surface area contributed by atoms with Crippen LogP contribution >= 0.6 is 0 Å². The highest BCUT2D eigenvalue weighted by Crippen LogP contribution is 2.19. The van der Waals surface area contributed by atoms with Crippen molar-refractivity contribution in [2.45, 2.75) is 20.4 Å². The van der Waals surface area contributed by atoms with Crippen molar-refractivity contribution in [1.29, 1.82) is 0 Å². The molecule has 0 fully saturated rings. The number of benzene rings is 1. The molecule has 0 spiro atoms. The average molecular weight is 330 g/mol. The first-order valence-electron chi connectivity index (χ1n) is 8.18. The Balaban J connectivity index is 1.85. The molecular formula is C18H26N4O2. The summed E-state index contributed by atoms with van der Waals surface area (Å²) >= 11 is 0. The summed E-state index contributed by atoms with van der Waals surface area (Å²) in [5, 5.41) is 7.21. The molecule has 0 aliphatic heterocycles. The molecule has 0 unspecified atom stereocenters. The Bertz CT molecular complexity index is 673. The second kappa shape index (κ2) is 8.38. The van der Waals surface area contributed by atoms with E-state index in [4.69, 9.17) is 4.42 Å². The number of nitrogens with zero attached hydrogens (tertiary/aromatic N) is 2. The van der Waals surface area contributed by atoms with Crippen LogP contribution in [0.4, 0.5) is 0 Å². The highest BCUT2D eigenvalue weighted by atomic mass is 16.3. The molecule has 2 N–H and O–H groups in total. The van der Waals surface area contributed by atoms with Gasteiger partial charge in [-0.3, -0.25) is 9.79 Å². The van der Waals surface area contributed by atoms with Crippen LogP contribution in [0.15, 0.2) is 39.7 Å². The number of hydrogen-bond acceptors (Lipinski definition) is 3. The number of rotatable bonds is 6. The Labute approximate surface area is 142 Å². The molecule has 1 aromatic heterocycles. The summed E-state index contributed by atoms with van der Waals surface area (Å²) in [4.78, 5) is 17.8. The number of amides is 1. The van der Waals surface area contributed by atoms with Crippen molar-refractivity contribution in [3.63, 3.8) is 0 Å². The SMILES string of the molecule is CN=C(NCCNC(=O)C(C)C)N(C)Cc1cc2ccccc2o1. The van der Waals surface area contributed by atoms with Gasteiger partial charge < -0.3 is 20.0 Å². The fourth-order valence-electron chi connectivity index (χ4n) is 2.37. The lowest BCUT2D eigenvalue weighted by Crippen LogP contribution is -2.42. The molecule has 0 atom stereocenters. The number of guanidine groups is 1. The second-order valence-electron chi connectivity index (χ2n) is 6.03. The molecule has 0 saturated heterocycles. The van der Waals surface area contributed by atoms with Gasteiger partial charge in [0.05, 0.1) is 6.54 Å². The molecule has 24 heavy (non-hydrogen) atoms. The Hall–Kier alpha value is -2.50. The minimum atomic E-state index is 0.0000659. The van der Waals surface area contributed by atoms with Crippen molar-refractivity contribution in [3.05, 3.63) is 36.1 Å². The fourth-order valence-corrected chi connectivity index (χ4v) is 2.37. The van der Waals surface area contributed by atoms with Gasteiger partial charge in [-0.1, -0.05) is 32.0 Å². The van der Waals surface area contributed by atoms with Gasteiger partial charge in [0.2, 0.25) is 5.91 Å². The maximum Gasteiger partial charge on any atom is 0.222 e. The predicted octanol–water partition coefficient (Wildman–Crippen LogP) is 2.21. The number of carbonyl (C=O) groups is 1. The highest BCUT2D eigenvalue weighted by molar-refractivity contribution is 5.81. The minimum Gasteiger partial charge on any atom is -0.459 e. The number of fused-ring (bicyclic) bond motifs is 1. The van der Waals surface area contributed by atoms with E-state index in [1.807, 2.05) is 56.1 Å². The molecule has 1 aromatic carbocycles. The monoisotopic (exact) mass is 330 g/mol. The first-order valence-corrected chi connectivity index (χ1v) is 8.18. The maximum atomic E-state index is 11.5. The van der Waals surface area contributed by atoms with E-state index in [-0.39, 0.29) is 11.8 Å². The Morgan fingerprint density at radius 3 is 2.62 bits per heavy atom. The molecule has 2 rings (SSSR count). The van der Waals surface area contributed by atoms with Crippen LogP contribution < -0.4 is 10.6 Å². The maximum absolute atomic E-state index is 11.5.